The van der Waals surface area contributed by atoms with Crippen LogP contribution >= 0.6 is 0 Å². The molecule has 1 aliphatic heterocycles. The van der Waals surface area contributed by atoms with Crippen molar-refractivity contribution in [2.75, 3.05) is 23.8 Å². The van der Waals surface area contributed by atoms with Crippen molar-refractivity contribution in [3.8, 4) is 23.1 Å². The van der Waals surface area contributed by atoms with E-state index < -0.39 is 0 Å². The molecule has 2 amide bonds. The number of anilines is 3. The molecule has 3 aromatic rings. The van der Waals surface area contributed by atoms with E-state index in [9.17, 15) is 15.2 Å². The molecule has 0 unspecified atom stereocenters. The average molecular weight is 529 g/mol. The number of hydrogen-bond donors (Lipinski definition) is 4. The summed E-state index contributed by atoms with van der Waals surface area (Å²) in [4.78, 5) is 21.4. The van der Waals surface area contributed by atoms with Crippen LogP contribution in [0.5, 0.6) is 5.75 Å². The number of nitriles is 1. The molecule has 202 valence electrons. The normalized spacial score (nSPS) is 19.5. The van der Waals surface area contributed by atoms with Gasteiger partial charge < -0.3 is 30.5 Å². The Morgan fingerprint density at radius 3 is 2.62 bits per heavy atom. The molecule has 4 N–H and O–H groups in total. The lowest BCUT2D eigenvalue weighted by Gasteiger charge is -2.26. The molecule has 1 saturated carbocycles. The number of hydrogen-bond acceptors (Lipinski definition) is 8. The second-order valence-electron chi connectivity index (χ2n) is 9.83. The molecule has 2 fully saturated rings. The molecule has 0 atom stereocenters. The summed E-state index contributed by atoms with van der Waals surface area (Å²) in [6.45, 7) is 1.33. The number of aromatic nitrogens is 2. The summed E-state index contributed by atoms with van der Waals surface area (Å²) in [5.41, 5.74) is 3.23. The zero-order valence-corrected chi connectivity index (χ0v) is 21.6. The van der Waals surface area contributed by atoms with Gasteiger partial charge in [-0.05, 0) is 68.1 Å². The Hall–Kier alpha value is -4.20. The van der Waals surface area contributed by atoms with Gasteiger partial charge in [0.25, 0.3) is 0 Å². The summed E-state index contributed by atoms with van der Waals surface area (Å²) >= 11 is 0. The lowest BCUT2D eigenvalue weighted by molar-refractivity contribution is 0.0254. The van der Waals surface area contributed by atoms with E-state index in [1.807, 2.05) is 24.3 Å². The quantitative estimate of drug-likeness (QED) is 0.345. The molecule has 5 rings (SSSR count). The molecule has 1 aromatic heterocycles. The molecule has 1 aliphatic carbocycles. The van der Waals surface area contributed by atoms with E-state index in [1.54, 1.807) is 30.5 Å². The monoisotopic (exact) mass is 528 g/mol. The van der Waals surface area contributed by atoms with Gasteiger partial charge in [0.2, 0.25) is 5.95 Å². The fourth-order valence-electron chi connectivity index (χ4n) is 4.81. The number of ether oxygens (including phenoxy) is 2. The van der Waals surface area contributed by atoms with Gasteiger partial charge in [-0.2, -0.15) is 5.26 Å². The molecule has 0 spiro atoms. The molecule has 39 heavy (non-hydrogen) atoms. The number of nitrogens with zero attached hydrogens (tertiary/aromatic N) is 3. The molecule has 0 radical (unpaired) electrons. The van der Waals surface area contributed by atoms with Crippen LogP contribution in [0.25, 0.3) is 11.3 Å². The van der Waals surface area contributed by atoms with Gasteiger partial charge in [0.05, 0.1) is 30.6 Å². The zero-order chi connectivity index (χ0) is 27.0. The summed E-state index contributed by atoms with van der Waals surface area (Å²) in [5.74, 6) is 0.950. The van der Waals surface area contributed by atoms with Gasteiger partial charge in [-0.15, -0.1) is 0 Å². The Balaban J connectivity index is 1.23. The SMILES string of the molecule is N#Cc1cc(-c2ccnc(Nc3cccc(NC(=O)NC4CCC(O)CC4)c3)n2)ccc1OC1CCOCC1. The maximum atomic E-state index is 12.5. The highest BCUT2D eigenvalue weighted by Gasteiger charge is 2.21. The third-order valence-electron chi connectivity index (χ3n) is 6.92. The molecular formula is C29H32N6O4. The minimum absolute atomic E-state index is 0.0455. The second kappa shape index (κ2) is 12.6. The van der Waals surface area contributed by atoms with Crippen molar-refractivity contribution in [2.24, 2.45) is 0 Å². The Labute approximate surface area is 227 Å². The van der Waals surface area contributed by atoms with Gasteiger partial charge in [0, 0.05) is 42.0 Å². The Morgan fingerprint density at radius 1 is 1.03 bits per heavy atom. The van der Waals surface area contributed by atoms with Crippen LogP contribution in [0, 0.1) is 11.3 Å². The predicted molar refractivity (Wildman–Crippen MR) is 147 cm³/mol. The third kappa shape index (κ3) is 7.22. The van der Waals surface area contributed by atoms with Crippen molar-refractivity contribution in [3.63, 3.8) is 0 Å². The molecule has 2 aliphatic rings. The van der Waals surface area contributed by atoms with Crippen molar-refractivity contribution < 1.29 is 19.4 Å². The van der Waals surface area contributed by atoms with Gasteiger partial charge in [0.15, 0.2) is 0 Å². The highest BCUT2D eigenvalue weighted by molar-refractivity contribution is 5.90. The van der Waals surface area contributed by atoms with Crippen LogP contribution in [0.1, 0.15) is 44.1 Å². The molecule has 0 bridgehead atoms. The van der Waals surface area contributed by atoms with E-state index >= 15 is 0 Å². The Kier molecular flexibility index (Phi) is 8.51. The first-order valence-corrected chi connectivity index (χ1v) is 13.3. The maximum Gasteiger partial charge on any atom is 0.319 e. The minimum atomic E-state index is -0.274. The highest BCUT2D eigenvalue weighted by Crippen LogP contribution is 2.28. The van der Waals surface area contributed by atoms with E-state index in [0.717, 1.165) is 31.2 Å². The number of aliphatic hydroxyl groups excluding tert-OH is 1. The van der Waals surface area contributed by atoms with Crippen LogP contribution in [0.15, 0.2) is 54.7 Å². The van der Waals surface area contributed by atoms with Gasteiger partial charge in [0.1, 0.15) is 17.9 Å². The number of benzene rings is 2. The van der Waals surface area contributed by atoms with Crippen molar-refractivity contribution >= 4 is 23.4 Å². The first kappa shape index (κ1) is 26.4. The fraction of sp³-hybridized carbons (Fsp3) is 0.379. The lowest BCUT2D eigenvalue weighted by Crippen LogP contribution is -2.40. The summed E-state index contributed by atoms with van der Waals surface area (Å²) < 4.78 is 11.4. The number of aliphatic hydroxyl groups is 1. The van der Waals surface area contributed by atoms with E-state index in [4.69, 9.17) is 9.47 Å². The van der Waals surface area contributed by atoms with Crippen molar-refractivity contribution in [3.05, 3.63) is 60.3 Å². The Bertz CT molecular complexity index is 1330. The van der Waals surface area contributed by atoms with Gasteiger partial charge >= 0.3 is 6.03 Å². The number of carbonyl (C=O) groups excluding carboxylic acids is 1. The standard InChI is InChI=1S/C29H32N6O4/c30-18-20-16-19(4-9-27(20)39-25-11-14-38-15-12-25)26-10-13-31-28(35-26)32-22-2-1-3-23(17-22)34-29(37)33-21-5-7-24(36)8-6-21/h1-4,9-10,13,16-17,21,24-25,36H,5-8,11-12,14-15H2,(H,31,32,35)(H2,33,34,37). The van der Waals surface area contributed by atoms with Crippen molar-refractivity contribution in [2.45, 2.75) is 56.8 Å². The molecule has 2 aromatic carbocycles. The number of nitrogens with one attached hydrogen (secondary N) is 3. The predicted octanol–water partition coefficient (Wildman–Crippen LogP) is 4.74. The highest BCUT2D eigenvalue weighted by atomic mass is 16.5. The summed E-state index contributed by atoms with van der Waals surface area (Å²) in [5, 5.41) is 28.4. The van der Waals surface area contributed by atoms with Gasteiger partial charge in [-0.3, -0.25) is 0 Å². The number of rotatable bonds is 7. The van der Waals surface area contributed by atoms with Crippen LogP contribution in [-0.2, 0) is 4.74 Å². The molecule has 2 heterocycles. The van der Waals surface area contributed by atoms with Crippen LogP contribution in [0.3, 0.4) is 0 Å². The van der Waals surface area contributed by atoms with Gasteiger partial charge in [-0.1, -0.05) is 6.07 Å². The smallest absolute Gasteiger partial charge is 0.319 e. The van der Waals surface area contributed by atoms with Crippen LogP contribution in [0.4, 0.5) is 22.1 Å². The summed E-state index contributed by atoms with van der Waals surface area (Å²) in [6.07, 6.45) is 5.99. The lowest BCUT2D eigenvalue weighted by atomic mass is 9.93. The first-order valence-electron chi connectivity index (χ1n) is 13.3. The average Bonchev–Trinajstić information content (AvgIpc) is 2.95. The number of amides is 2. The molecule has 10 nitrogen and oxygen atoms in total. The van der Waals surface area contributed by atoms with Crippen molar-refractivity contribution in [1.82, 2.24) is 15.3 Å². The van der Waals surface area contributed by atoms with Crippen LogP contribution < -0.4 is 20.7 Å². The minimum Gasteiger partial charge on any atom is -0.489 e. The van der Waals surface area contributed by atoms with E-state index in [1.165, 1.54) is 0 Å². The summed E-state index contributed by atoms with van der Waals surface area (Å²) in [6, 6.07) is 16.6. The molecule has 10 heteroatoms. The number of urea groups is 1. The topological polar surface area (TPSA) is 141 Å². The Morgan fingerprint density at radius 2 is 1.82 bits per heavy atom. The third-order valence-corrected chi connectivity index (χ3v) is 6.92. The molecule has 1 saturated heterocycles. The fourth-order valence-corrected chi connectivity index (χ4v) is 4.81. The van der Waals surface area contributed by atoms with E-state index in [2.05, 4.69) is 32.0 Å². The van der Waals surface area contributed by atoms with Crippen molar-refractivity contribution in [1.29, 1.82) is 5.26 Å². The van der Waals surface area contributed by atoms with Crippen LogP contribution in [0.2, 0.25) is 0 Å². The zero-order valence-electron chi connectivity index (χ0n) is 21.6. The van der Waals surface area contributed by atoms with E-state index in [0.29, 0.717) is 60.4 Å². The van der Waals surface area contributed by atoms with Gasteiger partial charge in [-0.25, -0.2) is 14.8 Å². The largest absolute Gasteiger partial charge is 0.489 e. The van der Waals surface area contributed by atoms with E-state index in [-0.39, 0.29) is 24.3 Å². The maximum absolute atomic E-state index is 12.5. The molecular weight excluding hydrogens is 496 g/mol. The second-order valence-corrected chi connectivity index (χ2v) is 9.83. The van der Waals surface area contributed by atoms with Crippen LogP contribution in [-0.4, -0.2) is 52.6 Å². The summed E-state index contributed by atoms with van der Waals surface area (Å²) in [7, 11) is 0. The number of carbonyl (C=O) groups is 1. The first-order chi connectivity index (χ1) is 19.1.